The SMILES string of the molecule is COCCN1CN(C2c3cc(F)ccc3COc3ccccc32)n2ccc(=O)c(O)c2C1=O. The maximum Gasteiger partial charge on any atom is 0.277 e. The maximum atomic E-state index is 14.4. The molecular formula is C24H22FN3O5. The number of ether oxygens (including phenoxy) is 2. The van der Waals surface area contributed by atoms with Gasteiger partial charge in [0.05, 0.1) is 6.61 Å². The van der Waals surface area contributed by atoms with Crippen molar-refractivity contribution in [3.05, 3.63) is 93.2 Å². The van der Waals surface area contributed by atoms with E-state index in [0.29, 0.717) is 11.3 Å². The second-order valence-electron chi connectivity index (χ2n) is 7.94. The van der Waals surface area contributed by atoms with Crippen LogP contribution in [0.15, 0.2) is 59.5 Å². The number of nitrogens with zero attached hydrogens (tertiary/aromatic N) is 3. The number of aromatic hydroxyl groups is 1. The lowest BCUT2D eigenvalue weighted by molar-refractivity contribution is 0.0614. The molecule has 2 aromatic carbocycles. The van der Waals surface area contributed by atoms with Gasteiger partial charge in [-0.1, -0.05) is 24.3 Å². The summed E-state index contributed by atoms with van der Waals surface area (Å²) < 4.78 is 27.1. The van der Waals surface area contributed by atoms with Crippen molar-refractivity contribution >= 4 is 5.91 Å². The van der Waals surface area contributed by atoms with Crippen molar-refractivity contribution in [2.75, 3.05) is 31.9 Å². The van der Waals surface area contributed by atoms with Crippen LogP contribution in [0.3, 0.4) is 0 Å². The topological polar surface area (TPSA) is 84.2 Å². The van der Waals surface area contributed by atoms with Crippen LogP contribution in [0.25, 0.3) is 0 Å². The van der Waals surface area contributed by atoms with Crippen molar-refractivity contribution in [3.63, 3.8) is 0 Å². The van der Waals surface area contributed by atoms with E-state index in [9.17, 15) is 19.1 Å². The number of benzene rings is 2. The summed E-state index contributed by atoms with van der Waals surface area (Å²) in [6.07, 6.45) is 1.45. The predicted molar refractivity (Wildman–Crippen MR) is 117 cm³/mol. The monoisotopic (exact) mass is 451 g/mol. The van der Waals surface area contributed by atoms with Crippen LogP contribution in [-0.4, -0.2) is 47.5 Å². The number of amides is 1. The molecule has 3 aromatic rings. The van der Waals surface area contributed by atoms with Crippen LogP contribution in [0.2, 0.25) is 0 Å². The van der Waals surface area contributed by atoms with Crippen molar-refractivity contribution in [3.8, 4) is 11.5 Å². The van der Waals surface area contributed by atoms with Gasteiger partial charge in [-0.25, -0.2) is 4.39 Å². The average Bonchev–Trinajstić information content (AvgIpc) is 2.97. The van der Waals surface area contributed by atoms with E-state index in [1.165, 1.54) is 41.1 Å². The van der Waals surface area contributed by atoms with Crippen molar-refractivity contribution in [2.24, 2.45) is 0 Å². The number of methoxy groups -OCH3 is 1. The highest BCUT2D eigenvalue weighted by molar-refractivity contribution is 5.96. The van der Waals surface area contributed by atoms with Crippen molar-refractivity contribution in [1.82, 2.24) is 9.58 Å². The van der Waals surface area contributed by atoms with Gasteiger partial charge in [0, 0.05) is 31.5 Å². The van der Waals surface area contributed by atoms with E-state index in [-0.39, 0.29) is 32.1 Å². The Morgan fingerprint density at radius 1 is 1.15 bits per heavy atom. The summed E-state index contributed by atoms with van der Waals surface area (Å²) in [4.78, 5) is 26.9. The third kappa shape index (κ3) is 3.50. The first-order valence-electron chi connectivity index (χ1n) is 10.5. The summed E-state index contributed by atoms with van der Waals surface area (Å²) in [6.45, 7) is 0.889. The molecule has 0 spiro atoms. The van der Waals surface area contributed by atoms with Crippen molar-refractivity contribution < 1.29 is 23.8 Å². The molecule has 2 aliphatic heterocycles. The van der Waals surface area contributed by atoms with Gasteiger partial charge in [0.2, 0.25) is 5.43 Å². The molecule has 1 unspecified atom stereocenters. The van der Waals surface area contributed by atoms with Crippen LogP contribution in [0.4, 0.5) is 4.39 Å². The van der Waals surface area contributed by atoms with E-state index < -0.39 is 28.9 Å². The molecule has 0 bridgehead atoms. The molecule has 1 N–H and O–H groups in total. The summed E-state index contributed by atoms with van der Waals surface area (Å²) in [5.41, 5.74) is 1.44. The number of aromatic nitrogens is 1. The van der Waals surface area contributed by atoms with E-state index in [2.05, 4.69) is 0 Å². The minimum absolute atomic E-state index is 0.118. The Hall–Kier alpha value is -3.85. The van der Waals surface area contributed by atoms with Gasteiger partial charge in [-0.2, -0.15) is 0 Å². The fourth-order valence-corrected chi connectivity index (χ4v) is 4.40. The molecule has 3 heterocycles. The lowest BCUT2D eigenvalue weighted by Crippen LogP contribution is -2.56. The summed E-state index contributed by atoms with van der Waals surface area (Å²) in [6, 6.07) is 12.6. The first kappa shape index (κ1) is 21.0. The number of carbonyl (C=O) groups excluding carboxylic acids is 1. The lowest BCUT2D eigenvalue weighted by atomic mass is 9.94. The molecule has 8 nitrogen and oxygen atoms in total. The third-order valence-corrected chi connectivity index (χ3v) is 6.00. The van der Waals surface area contributed by atoms with E-state index in [1.807, 2.05) is 29.3 Å². The standard InChI is InChI=1S/C24H22FN3O5/c1-32-11-10-26-14-28(27-9-8-19(29)23(30)22(27)24(26)31)21-17-4-2-3-5-20(17)33-13-15-6-7-16(25)12-18(15)21/h2-9,12,21,30H,10-11,13-14H2,1H3. The van der Waals surface area contributed by atoms with Gasteiger partial charge < -0.3 is 19.5 Å². The van der Waals surface area contributed by atoms with Gasteiger partial charge >= 0.3 is 0 Å². The van der Waals surface area contributed by atoms with E-state index in [1.54, 1.807) is 6.07 Å². The summed E-state index contributed by atoms with van der Waals surface area (Å²) in [5.74, 6) is -0.889. The van der Waals surface area contributed by atoms with E-state index >= 15 is 0 Å². The molecule has 0 aliphatic carbocycles. The van der Waals surface area contributed by atoms with Crippen LogP contribution in [-0.2, 0) is 11.3 Å². The van der Waals surface area contributed by atoms with Crippen LogP contribution in [0.5, 0.6) is 11.5 Å². The zero-order valence-electron chi connectivity index (χ0n) is 17.9. The van der Waals surface area contributed by atoms with E-state index in [0.717, 1.165) is 11.1 Å². The molecule has 33 heavy (non-hydrogen) atoms. The fourth-order valence-electron chi connectivity index (χ4n) is 4.40. The Morgan fingerprint density at radius 2 is 1.97 bits per heavy atom. The highest BCUT2D eigenvalue weighted by Crippen LogP contribution is 2.40. The first-order chi connectivity index (χ1) is 16.0. The Labute approximate surface area is 189 Å². The third-order valence-electron chi connectivity index (χ3n) is 6.00. The Balaban J connectivity index is 1.75. The maximum absolute atomic E-state index is 14.4. The fraction of sp³-hybridized carbons (Fsp3) is 0.250. The number of pyridine rings is 1. The molecular weight excluding hydrogens is 429 g/mol. The zero-order valence-corrected chi connectivity index (χ0v) is 17.9. The van der Waals surface area contributed by atoms with Crippen LogP contribution >= 0.6 is 0 Å². The molecule has 170 valence electrons. The minimum atomic E-state index is -0.654. The summed E-state index contributed by atoms with van der Waals surface area (Å²) in [5, 5.41) is 12.4. The second kappa shape index (κ2) is 8.25. The molecule has 2 aliphatic rings. The normalized spacial score (nSPS) is 17.0. The van der Waals surface area contributed by atoms with Crippen molar-refractivity contribution in [2.45, 2.75) is 12.6 Å². The smallest absolute Gasteiger partial charge is 0.277 e. The van der Waals surface area contributed by atoms with Gasteiger partial charge in [-0.15, -0.1) is 0 Å². The van der Waals surface area contributed by atoms with Crippen LogP contribution in [0, 0.1) is 5.82 Å². The van der Waals surface area contributed by atoms with Gasteiger partial charge in [0.15, 0.2) is 11.4 Å². The highest BCUT2D eigenvalue weighted by atomic mass is 19.1. The highest BCUT2D eigenvalue weighted by Gasteiger charge is 2.38. The largest absolute Gasteiger partial charge is 0.502 e. The summed E-state index contributed by atoms with van der Waals surface area (Å²) in [7, 11) is 1.53. The van der Waals surface area contributed by atoms with Crippen LogP contribution < -0.4 is 15.2 Å². The van der Waals surface area contributed by atoms with Gasteiger partial charge in [-0.3, -0.25) is 19.3 Å². The Morgan fingerprint density at radius 3 is 2.79 bits per heavy atom. The molecule has 1 amide bonds. The minimum Gasteiger partial charge on any atom is -0.502 e. The molecule has 1 aromatic heterocycles. The Kier molecular flexibility index (Phi) is 5.26. The number of rotatable bonds is 4. The van der Waals surface area contributed by atoms with Gasteiger partial charge in [0.25, 0.3) is 5.91 Å². The lowest BCUT2D eigenvalue weighted by Gasteiger charge is -2.44. The number of hydrogen-bond acceptors (Lipinski definition) is 6. The first-order valence-corrected chi connectivity index (χ1v) is 10.5. The number of halogens is 1. The molecule has 0 radical (unpaired) electrons. The number of hydrogen-bond donors (Lipinski definition) is 1. The predicted octanol–water partition coefficient (Wildman–Crippen LogP) is 2.37. The molecule has 0 saturated carbocycles. The second-order valence-corrected chi connectivity index (χ2v) is 7.94. The number of para-hydroxylation sites is 1. The number of fused-ring (bicyclic) bond motifs is 3. The molecule has 1 atom stereocenters. The quantitative estimate of drug-likeness (QED) is 0.656. The molecule has 0 saturated heterocycles. The average molecular weight is 451 g/mol. The zero-order chi connectivity index (χ0) is 23.1. The van der Waals surface area contributed by atoms with Gasteiger partial charge in [-0.05, 0) is 29.3 Å². The van der Waals surface area contributed by atoms with Gasteiger partial charge in [0.1, 0.15) is 30.9 Å². The summed E-state index contributed by atoms with van der Waals surface area (Å²) >= 11 is 0. The molecule has 9 heteroatoms. The van der Waals surface area contributed by atoms with E-state index in [4.69, 9.17) is 9.47 Å². The van der Waals surface area contributed by atoms with Crippen molar-refractivity contribution in [1.29, 1.82) is 0 Å². The molecule has 0 fully saturated rings. The van der Waals surface area contributed by atoms with Crippen LogP contribution in [0.1, 0.15) is 33.2 Å². The molecule has 5 rings (SSSR count). The Bertz CT molecular complexity index is 1290. The number of carbonyl (C=O) groups is 1.